The summed E-state index contributed by atoms with van der Waals surface area (Å²) in [5.41, 5.74) is 1.82. The molecule has 1 aliphatic heterocycles. The van der Waals surface area contributed by atoms with Crippen LogP contribution in [-0.4, -0.2) is 23.8 Å². The topological polar surface area (TPSA) is 96.5 Å². The molecule has 2 aromatic carbocycles. The normalized spacial score (nSPS) is 15.9. The van der Waals surface area contributed by atoms with Gasteiger partial charge in [-0.3, -0.25) is 14.4 Å². The van der Waals surface area contributed by atoms with Crippen molar-refractivity contribution in [3.05, 3.63) is 59.8 Å². The summed E-state index contributed by atoms with van der Waals surface area (Å²) in [7, 11) is 0. The molecule has 7 heteroatoms. The van der Waals surface area contributed by atoms with Crippen molar-refractivity contribution in [3.8, 4) is 5.75 Å². The minimum absolute atomic E-state index is 0.111. The smallest absolute Gasteiger partial charge is 0.272 e. The van der Waals surface area contributed by atoms with E-state index >= 15 is 0 Å². The van der Waals surface area contributed by atoms with E-state index in [0.29, 0.717) is 17.1 Å². The quantitative estimate of drug-likeness (QED) is 0.726. The van der Waals surface area contributed by atoms with Gasteiger partial charge in [0.1, 0.15) is 11.4 Å². The Morgan fingerprint density at radius 1 is 1.15 bits per heavy atom. The second kappa shape index (κ2) is 7.74. The molecule has 138 valence electrons. The summed E-state index contributed by atoms with van der Waals surface area (Å²) in [6.07, 6.45) is 1.01. The van der Waals surface area contributed by atoms with Crippen LogP contribution in [0.4, 0.5) is 11.4 Å². The molecule has 1 aliphatic rings. The fraction of sp³-hybridized carbons (Fsp3) is 0.150. The Morgan fingerprint density at radius 3 is 2.59 bits per heavy atom. The van der Waals surface area contributed by atoms with Gasteiger partial charge in [-0.15, -0.1) is 0 Å². The van der Waals surface area contributed by atoms with Crippen LogP contribution in [0.15, 0.2) is 54.2 Å². The number of ether oxygens (including phenoxy) is 1. The largest absolute Gasteiger partial charge is 0.479 e. The van der Waals surface area contributed by atoms with Gasteiger partial charge in [0.05, 0.1) is 5.69 Å². The monoisotopic (exact) mass is 365 g/mol. The maximum atomic E-state index is 12.6. The molecule has 3 amide bonds. The highest BCUT2D eigenvalue weighted by Crippen LogP contribution is 2.32. The maximum absolute atomic E-state index is 12.6. The number of nitrogens with one attached hydrogen (secondary N) is 3. The first kappa shape index (κ1) is 18.2. The molecule has 0 aliphatic carbocycles. The lowest BCUT2D eigenvalue weighted by atomic mass is 10.1. The molecule has 3 rings (SSSR count). The van der Waals surface area contributed by atoms with Gasteiger partial charge >= 0.3 is 0 Å². The van der Waals surface area contributed by atoms with Gasteiger partial charge in [0.25, 0.3) is 11.8 Å². The van der Waals surface area contributed by atoms with E-state index in [9.17, 15) is 14.4 Å². The van der Waals surface area contributed by atoms with Crippen LogP contribution >= 0.6 is 0 Å². The van der Waals surface area contributed by atoms with Gasteiger partial charge in [-0.05, 0) is 36.8 Å². The van der Waals surface area contributed by atoms with E-state index in [-0.39, 0.29) is 17.5 Å². The highest BCUT2D eigenvalue weighted by atomic mass is 16.5. The fourth-order valence-electron chi connectivity index (χ4n) is 2.55. The van der Waals surface area contributed by atoms with Gasteiger partial charge in [0.2, 0.25) is 5.91 Å². The van der Waals surface area contributed by atoms with E-state index in [1.165, 1.54) is 6.92 Å². The second-order valence-corrected chi connectivity index (χ2v) is 6.06. The summed E-state index contributed by atoms with van der Waals surface area (Å²) in [5.74, 6) is -0.561. The highest BCUT2D eigenvalue weighted by Gasteiger charge is 2.23. The number of hydrogen-bond donors (Lipinski definition) is 3. The zero-order valence-electron chi connectivity index (χ0n) is 14.9. The third kappa shape index (κ3) is 4.52. The number of carbonyl (C=O) groups excluding carboxylic acids is 3. The molecule has 0 bridgehead atoms. The third-order valence-electron chi connectivity index (χ3n) is 3.83. The van der Waals surface area contributed by atoms with Gasteiger partial charge in [0.15, 0.2) is 6.10 Å². The predicted octanol–water partition coefficient (Wildman–Crippen LogP) is 2.52. The molecular weight excluding hydrogens is 346 g/mol. The van der Waals surface area contributed by atoms with Crippen LogP contribution in [-0.2, 0) is 14.4 Å². The summed E-state index contributed by atoms with van der Waals surface area (Å²) < 4.78 is 5.49. The molecule has 2 aromatic rings. The van der Waals surface area contributed by atoms with E-state index in [0.717, 1.165) is 5.56 Å². The van der Waals surface area contributed by atoms with Crippen molar-refractivity contribution in [1.29, 1.82) is 0 Å². The van der Waals surface area contributed by atoms with Crippen molar-refractivity contribution in [2.75, 3.05) is 10.6 Å². The van der Waals surface area contributed by atoms with E-state index in [1.54, 1.807) is 31.2 Å². The molecule has 0 saturated heterocycles. The number of hydrogen-bond acceptors (Lipinski definition) is 4. The zero-order chi connectivity index (χ0) is 19.4. The van der Waals surface area contributed by atoms with Crippen molar-refractivity contribution >= 4 is 35.2 Å². The SMILES string of the molecule is CC(=O)N/C(=C\c1ccccc1)C(=O)Nc1ccc2c(c1)NC(=O)[C@@H](C)O2. The Morgan fingerprint density at radius 2 is 1.89 bits per heavy atom. The first-order valence-corrected chi connectivity index (χ1v) is 8.39. The lowest BCUT2D eigenvalue weighted by Gasteiger charge is -2.23. The van der Waals surface area contributed by atoms with Gasteiger partial charge in [0, 0.05) is 12.6 Å². The maximum Gasteiger partial charge on any atom is 0.272 e. The molecule has 0 aromatic heterocycles. The molecule has 1 heterocycles. The molecule has 7 nitrogen and oxygen atoms in total. The lowest BCUT2D eigenvalue weighted by Crippen LogP contribution is -2.34. The summed E-state index contributed by atoms with van der Waals surface area (Å²) in [6.45, 7) is 2.99. The van der Waals surface area contributed by atoms with Crippen molar-refractivity contribution < 1.29 is 19.1 Å². The number of anilines is 2. The van der Waals surface area contributed by atoms with Crippen LogP contribution in [0.2, 0.25) is 0 Å². The predicted molar refractivity (Wildman–Crippen MR) is 102 cm³/mol. The first-order valence-electron chi connectivity index (χ1n) is 8.39. The number of fused-ring (bicyclic) bond motifs is 1. The van der Waals surface area contributed by atoms with Gasteiger partial charge in [-0.25, -0.2) is 0 Å². The number of rotatable bonds is 4. The van der Waals surface area contributed by atoms with Gasteiger partial charge in [-0.2, -0.15) is 0 Å². The third-order valence-corrected chi connectivity index (χ3v) is 3.83. The number of benzene rings is 2. The van der Waals surface area contributed by atoms with Crippen molar-refractivity contribution in [1.82, 2.24) is 5.32 Å². The summed E-state index contributed by atoms with van der Waals surface area (Å²) >= 11 is 0. The summed E-state index contributed by atoms with van der Waals surface area (Å²) in [4.78, 5) is 35.8. The van der Waals surface area contributed by atoms with E-state index < -0.39 is 12.0 Å². The first-order chi connectivity index (χ1) is 12.9. The Balaban J connectivity index is 1.82. The second-order valence-electron chi connectivity index (χ2n) is 6.06. The van der Waals surface area contributed by atoms with Crippen molar-refractivity contribution in [3.63, 3.8) is 0 Å². The Bertz CT molecular complexity index is 922. The van der Waals surface area contributed by atoms with Crippen LogP contribution in [0.25, 0.3) is 6.08 Å². The highest BCUT2D eigenvalue weighted by molar-refractivity contribution is 6.09. The Kier molecular flexibility index (Phi) is 5.21. The van der Waals surface area contributed by atoms with Crippen LogP contribution in [0.5, 0.6) is 5.75 Å². The van der Waals surface area contributed by atoms with Crippen molar-refractivity contribution in [2.24, 2.45) is 0 Å². The summed E-state index contributed by atoms with van der Waals surface area (Å²) in [6, 6.07) is 14.1. The molecule has 3 N–H and O–H groups in total. The van der Waals surface area contributed by atoms with Crippen LogP contribution < -0.4 is 20.7 Å². The minimum atomic E-state index is -0.571. The van der Waals surface area contributed by atoms with Crippen LogP contribution in [0.3, 0.4) is 0 Å². The van der Waals surface area contributed by atoms with Gasteiger partial charge < -0.3 is 20.7 Å². The van der Waals surface area contributed by atoms with Crippen LogP contribution in [0, 0.1) is 0 Å². The molecule has 27 heavy (non-hydrogen) atoms. The minimum Gasteiger partial charge on any atom is -0.479 e. The summed E-state index contributed by atoms with van der Waals surface area (Å²) in [5, 5.41) is 7.98. The molecule has 0 radical (unpaired) electrons. The van der Waals surface area contributed by atoms with E-state index in [4.69, 9.17) is 4.74 Å². The molecule has 0 fully saturated rings. The number of carbonyl (C=O) groups is 3. The van der Waals surface area contributed by atoms with Gasteiger partial charge in [-0.1, -0.05) is 30.3 Å². The Labute approximate surface area is 156 Å². The molecule has 0 unspecified atom stereocenters. The van der Waals surface area contributed by atoms with Crippen molar-refractivity contribution in [2.45, 2.75) is 20.0 Å². The zero-order valence-corrected chi connectivity index (χ0v) is 14.9. The van der Waals surface area contributed by atoms with E-state index in [1.807, 2.05) is 30.3 Å². The lowest BCUT2D eigenvalue weighted by molar-refractivity contribution is -0.122. The number of amides is 3. The van der Waals surface area contributed by atoms with E-state index in [2.05, 4.69) is 16.0 Å². The average molecular weight is 365 g/mol. The van der Waals surface area contributed by atoms with Crippen LogP contribution in [0.1, 0.15) is 19.4 Å². The Hall–Kier alpha value is -3.61. The molecular formula is C20H19N3O4. The average Bonchev–Trinajstić information content (AvgIpc) is 2.63. The molecule has 0 saturated carbocycles. The molecule has 1 atom stereocenters. The standard InChI is InChI=1S/C20H19N3O4/c1-12-19(25)23-16-11-15(8-9-18(16)27-12)22-20(26)17(21-13(2)24)10-14-6-4-3-5-7-14/h3-12H,1-2H3,(H,21,24)(H,22,26)(H,23,25)/b17-10-/t12-/m1/s1. The fourth-order valence-corrected chi connectivity index (χ4v) is 2.55. The molecule has 0 spiro atoms.